The van der Waals surface area contributed by atoms with Crippen molar-refractivity contribution >= 4 is 0 Å². The number of hydrogen-bond acceptors (Lipinski definition) is 2. The van der Waals surface area contributed by atoms with E-state index in [4.69, 9.17) is 10.5 Å². The second kappa shape index (κ2) is 5.32. The molecule has 0 aliphatic carbocycles. The highest BCUT2D eigenvalue weighted by atomic mass is 19.2. The summed E-state index contributed by atoms with van der Waals surface area (Å²) in [5.74, 6) is -2.95. The summed E-state index contributed by atoms with van der Waals surface area (Å²) in [7, 11) is 0. The molecular formula is C14H12F3NO. The van der Waals surface area contributed by atoms with Gasteiger partial charge in [0.25, 0.3) is 0 Å². The Hall–Kier alpha value is -2.01. The number of nitrogens with two attached hydrogens (primary N) is 1. The van der Waals surface area contributed by atoms with Gasteiger partial charge in [-0.2, -0.15) is 4.39 Å². The first-order valence-electron chi connectivity index (χ1n) is 5.66. The fourth-order valence-corrected chi connectivity index (χ4v) is 1.73. The second-order valence-electron chi connectivity index (χ2n) is 4.09. The highest BCUT2D eigenvalue weighted by Gasteiger charge is 2.16. The predicted molar refractivity (Wildman–Crippen MR) is 65.4 cm³/mol. The molecule has 2 rings (SSSR count). The van der Waals surface area contributed by atoms with E-state index >= 15 is 0 Å². The van der Waals surface area contributed by atoms with Gasteiger partial charge in [-0.15, -0.1) is 0 Å². The molecular weight excluding hydrogens is 255 g/mol. The summed E-state index contributed by atoms with van der Waals surface area (Å²) in [6.45, 7) is 1.58. The van der Waals surface area contributed by atoms with E-state index in [0.717, 1.165) is 6.07 Å². The van der Waals surface area contributed by atoms with Gasteiger partial charge in [-0.1, -0.05) is 12.1 Å². The quantitative estimate of drug-likeness (QED) is 0.914. The van der Waals surface area contributed by atoms with Crippen molar-refractivity contribution in [2.45, 2.75) is 13.0 Å². The van der Waals surface area contributed by atoms with Crippen LogP contribution >= 0.6 is 0 Å². The summed E-state index contributed by atoms with van der Waals surface area (Å²) < 4.78 is 45.4. The molecule has 0 saturated carbocycles. The Kier molecular flexibility index (Phi) is 3.76. The maximum Gasteiger partial charge on any atom is 0.201 e. The van der Waals surface area contributed by atoms with Gasteiger partial charge in [0.05, 0.1) is 0 Å². The first kappa shape index (κ1) is 13.4. The molecule has 0 unspecified atom stereocenters. The summed E-state index contributed by atoms with van der Waals surface area (Å²) in [4.78, 5) is 0. The molecule has 0 radical (unpaired) electrons. The highest BCUT2D eigenvalue weighted by Crippen LogP contribution is 2.32. The molecule has 100 valence electrons. The molecule has 2 aromatic rings. The first-order chi connectivity index (χ1) is 9.00. The van der Waals surface area contributed by atoms with Crippen molar-refractivity contribution in [3.05, 3.63) is 59.4 Å². The fourth-order valence-electron chi connectivity index (χ4n) is 1.73. The molecule has 2 N–H and O–H groups in total. The third kappa shape index (κ3) is 2.71. The minimum atomic E-state index is -1.12. The lowest BCUT2D eigenvalue weighted by Crippen LogP contribution is -2.09. The Balaban J connectivity index is 2.44. The Morgan fingerprint density at radius 3 is 2.16 bits per heavy atom. The largest absolute Gasteiger partial charge is 0.454 e. The molecule has 2 nitrogen and oxygen atoms in total. The van der Waals surface area contributed by atoms with Crippen molar-refractivity contribution in [3.63, 3.8) is 0 Å². The van der Waals surface area contributed by atoms with Crippen LogP contribution in [0, 0.1) is 17.5 Å². The van der Waals surface area contributed by atoms with E-state index < -0.39 is 23.5 Å². The van der Waals surface area contributed by atoms with Crippen LogP contribution in [0.3, 0.4) is 0 Å². The van der Waals surface area contributed by atoms with Gasteiger partial charge in [0.1, 0.15) is 11.6 Å². The molecule has 0 amide bonds. The number of rotatable bonds is 3. The van der Waals surface area contributed by atoms with Gasteiger partial charge in [-0.05, 0) is 31.2 Å². The number of ether oxygens (including phenoxy) is 1. The van der Waals surface area contributed by atoms with Crippen LogP contribution in [-0.2, 0) is 0 Å². The van der Waals surface area contributed by atoms with Crippen LogP contribution in [0.5, 0.6) is 11.5 Å². The van der Waals surface area contributed by atoms with E-state index in [-0.39, 0.29) is 17.1 Å². The van der Waals surface area contributed by atoms with Gasteiger partial charge in [0.15, 0.2) is 11.6 Å². The topological polar surface area (TPSA) is 35.2 Å². The summed E-state index contributed by atoms with van der Waals surface area (Å²) in [5, 5.41) is 0. The smallest absolute Gasteiger partial charge is 0.201 e. The van der Waals surface area contributed by atoms with Crippen molar-refractivity contribution in [1.82, 2.24) is 0 Å². The van der Waals surface area contributed by atoms with Crippen molar-refractivity contribution in [2.24, 2.45) is 5.73 Å². The number of benzene rings is 2. The van der Waals surface area contributed by atoms with E-state index in [1.165, 1.54) is 30.3 Å². The van der Waals surface area contributed by atoms with Crippen LogP contribution in [0.1, 0.15) is 18.5 Å². The second-order valence-corrected chi connectivity index (χ2v) is 4.09. The van der Waals surface area contributed by atoms with E-state index in [1.807, 2.05) is 0 Å². The first-order valence-corrected chi connectivity index (χ1v) is 5.66. The molecule has 0 spiro atoms. The number of halogens is 3. The highest BCUT2D eigenvalue weighted by molar-refractivity contribution is 5.40. The molecule has 0 aromatic heterocycles. The monoisotopic (exact) mass is 267 g/mol. The number of hydrogen-bond donors (Lipinski definition) is 1. The van der Waals surface area contributed by atoms with Gasteiger partial charge < -0.3 is 10.5 Å². The Morgan fingerprint density at radius 1 is 0.947 bits per heavy atom. The van der Waals surface area contributed by atoms with E-state index in [9.17, 15) is 13.2 Å². The minimum absolute atomic E-state index is 0.0690. The van der Waals surface area contributed by atoms with Gasteiger partial charge in [-0.25, -0.2) is 8.78 Å². The zero-order chi connectivity index (χ0) is 14.0. The molecule has 0 heterocycles. The Morgan fingerprint density at radius 2 is 1.53 bits per heavy atom. The molecule has 0 aliphatic heterocycles. The summed E-state index contributed by atoms with van der Waals surface area (Å²) in [6.07, 6.45) is 0. The Labute approximate surface area is 108 Å². The van der Waals surface area contributed by atoms with E-state index in [2.05, 4.69) is 0 Å². The fraction of sp³-hybridized carbons (Fsp3) is 0.143. The lowest BCUT2D eigenvalue weighted by Gasteiger charge is -2.14. The van der Waals surface area contributed by atoms with E-state index in [1.54, 1.807) is 6.92 Å². The van der Waals surface area contributed by atoms with Crippen molar-refractivity contribution in [3.8, 4) is 11.5 Å². The van der Waals surface area contributed by atoms with Crippen molar-refractivity contribution < 1.29 is 17.9 Å². The van der Waals surface area contributed by atoms with Crippen LogP contribution in [0.15, 0.2) is 36.4 Å². The third-order valence-corrected chi connectivity index (χ3v) is 2.60. The average molecular weight is 267 g/mol. The minimum Gasteiger partial charge on any atom is -0.454 e. The van der Waals surface area contributed by atoms with Crippen LogP contribution in [0.2, 0.25) is 0 Å². The van der Waals surface area contributed by atoms with Gasteiger partial charge in [0.2, 0.25) is 5.82 Å². The van der Waals surface area contributed by atoms with Crippen molar-refractivity contribution in [1.29, 1.82) is 0 Å². The zero-order valence-electron chi connectivity index (χ0n) is 10.2. The lowest BCUT2D eigenvalue weighted by molar-refractivity contribution is 0.407. The zero-order valence-corrected chi connectivity index (χ0v) is 10.2. The molecule has 0 saturated heterocycles. The standard InChI is InChI=1S/C14H12F3NO/c1-8(18)13-9(15)4-2-6-11(13)19-12-7-3-5-10(16)14(12)17/h2-8H,18H2,1H3/t8-/m0/s1. The lowest BCUT2D eigenvalue weighted by atomic mass is 10.1. The maximum absolute atomic E-state index is 13.7. The average Bonchev–Trinajstić information content (AvgIpc) is 2.34. The van der Waals surface area contributed by atoms with Gasteiger partial charge in [0, 0.05) is 11.6 Å². The molecule has 0 fully saturated rings. The van der Waals surface area contributed by atoms with Crippen molar-refractivity contribution in [2.75, 3.05) is 0 Å². The summed E-state index contributed by atoms with van der Waals surface area (Å²) >= 11 is 0. The molecule has 1 atom stereocenters. The normalized spacial score (nSPS) is 12.3. The maximum atomic E-state index is 13.7. The molecule has 2 aromatic carbocycles. The van der Waals surface area contributed by atoms with Gasteiger partial charge in [-0.3, -0.25) is 0 Å². The SMILES string of the molecule is C[C@H](N)c1c(F)cccc1Oc1cccc(F)c1F. The molecule has 0 aliphatic rings. The molecule has 0 bridgehead atoms. The Bertz CT molecular complexity index is 599. The summed E-state index contributed by atoms with van der Waals surface area (Å²) in [6, 6.07) is 6.99. The van der Waals surface area contributed by atoms with Crippen LogP contribution in [-0.4, -0.2) is 0 Å². The third-order valence-electron chi connectivity index (χ3n) is 2.60. The van der Waals surface area contributed by atoms with Crippen LogP contribution in [0.4, 0.5) is 13.2 Å². The predicted octanol–water partition coefficient (Wildman–Crippen LogP) is 3.92. The van der Waals surface area contributed by atoms with Gasteiger partial charge >= 0.3 is 0 Å². The molecule has 5 heteroatoms. The van der Waals surface area contributed by atoms with Crippen LogP contribution < -0.4 is 10.5 Å². The summed E-state index contributed by atoms with van der Waals surface area (Å²) in [5.41, 5.74) is 5.77. The van der Waals surface area contributed by atoms with Crippen LogP contribution in [0.25, 0.3) is 0 Å². The molecule has 19 heavy (non-hydrogen) atoms. The van der Waals surface area contributed by atoms with E-state index in [0.29, 0.717) is 0 Å².